The molecule has 21 heavy (non-hydrogen) atoms. The Morgan fingerprint density at radius 3 is 2.86 bits per heavy atom. The Morgan fingerprint density at radius 2 is 2.14 bits per heavy atom. The number of carbonyl (C=O) groups excluding carboxylic acids is 1. The molecular weight excluding hydrogens is 280 g/mol. The average Bonchev–Trinajstić information content (AvgIpc) is 3.14. The van der Waals surface area contributed by atoms with Crippen LogP contribution in [0.4, 0.5) is 0 Å². The van der Waals surface area contributed by atoms with Crippen molar-refractivity contribution in [1.29, 1.82) is 0 Å². The van der Waals surface area contributed by atoms with Crippen LogP contribution in [0, 0.1) is 0 Å². The van der Waals surface area contributed by atoms with Crippen molar-refractivity contribution in [1.82, 2.24) is 9.88 Å². The van der Waals surface area contributed by atoms with Crippen LogP contribution in [0.5, 0.6) is 0 Å². The fourth-order valence-electron chi connectivity index (χ4n) is 2.41. The summed E-state index contributed by atoms with van der Waals surface area (Å²) in [4.78, 5) is 19.1. The SMILES string of the molecule is CC(C)N(Cc1cccs1)C(=O)c1ccc2[nH]ccc2c1. The third kappa shape index (κ3) is 2.85. The zero-order valence-corrected chi connectivity index (χ0v) is 13.0. The van der Waals surface area contributed by atoms with Crippen LogP contribution in [0.15, 0.2) is 48.0 Å². The van der Waals surface area contributed by atoms with Gasteiger partial charge in [-0.2, -0.15) is 0 Å². The number of aromatic nitrogens is 1. The van der Waals surface area contributed by atoms with E-state index in [1.165, 1.54) is 4.88 Å². The maximum absolute atomic E-state index is 12.8. The summed E-state index contributed by atoms with van der Waals surface area (Å²) in [6, 6.07) is 12.1. The number of amides is 1. The molecule has 1 N–H and O–H groups in total. The predicted molar refractivity (Wildman–Crippen MR) is 87.6 cm³/mol. The fraction of sp³-hybridized carbons (Fsp3) is 0.235. The molecule has 0 atom stereocenters. The van der Waals surface area contributed by atoms with Crippen molar-refractivity contribution >= 4 is 28.1 Å². The lowest BCUT2D eigenvalue weighted by Gasteiger charge is -2.26. The van der Waals surface area contributed by atoms with E-state index in [1.54, 1.807) is 11.3 Å². The van der Waals surface area contributed by atoms with Crippen LogP contribution in [-0.2, 0) is 6.54 Å². The molecule has 3 rings (SSSR count). The largest absolute Gasteiger partial charge is 0.361 e. The highest BCUT2D eigenvalue weighted by Crippen LogP contribution is 2.19. The van der Waals surface area contributed by atoms with Crippen molar-refractivity contribution in [2.24, 2.45) is 0 Å². The Kier molecular flexibility index (Phi) is 3.80. The van der Waals surface area contributed by atoms with Crippen LogP contribution < -0.4 is 0 Å². The molecular formula is C17H18N2OS. The number of nitrogens with one attached hydrogen (secondary N) is 1. The number of fused-ring (bicyclic) bond motifs is 1. The minimum Gasteiger partial charge on any atom is -0.361 e. The van der Waals surface area contributed by atoms with E-state index in [2.05, 4.69) is 24.9 Å². The van der Waals surface area contributed by atoms with Gasteiger partial charge < -0.3 is 9.88 Å². The maximum Gasteiger partial charge on any atom is 0.254 e. The monoisotopic (exact) mass is 298 g/mol. The summed E-state index contributed by atoms with van der Waals surface area (Å²) in [7, 11) is 0. The van der Waals surface area contributed by atoms with Crippen molar-refractivity contribution in [3.63, 3.8) is 0 Å². The quantitative estimate of drug-likeness (QED) is 0.766. The lowest BCUT2D eigenvalue weighted by Crippen LogP contribution is -2.36. The fourth-order valence-corrected chi connectivity index (χ4v) is 3.11. The molecule has 0 aliphatic carbocycles. The topological polar surface area (TPSA) is 36.1 Å². The number of thiophene rings is 1. The van der Waals surface area contributed by atoms with Crippen LogP contribution in [0.3, 0.4) is 0 Å². The molecule has 3 nitrogen and oxygen atoms in total. The number of rotatable bonds is 4. The standard InChI is InChI=1S/C17H18N2OS/c1-12(2)19(11-15-4-3-9-21-15)17(20)14-5-6-16-13(10-14)7-8-18-16/h3-10,12,18H,11H2,1-2H3. The number of aromatic amines is 1. The number of hydrogen-bond acceptors (Lipinski definition) is 2. The molecule has 0 radical (unpaired) electrons. The molecule has 2 heterocycles. The zero-order chi connectivity index (χ0) is 14.8. The van der Waals surface area contributed by atoms with Crippen molar-refractivity contribution in [2.45, 2.75) is 26.4 Å². The van der Waals surface area contributed by atoms with E-state index in [4.69, 9.17) is 0 Å². The Balaban J connectivity index is 1.89. The first-order chi connectivity index (χ1) is 10.1. The van der Waals surface area contributed by atoms with Crippen molar-refractivity contribution < 1.29 is 4.79 Å². The molecule has 0 aliphatic rings. The van der Waals surface area contributed by atoms with E-state index in [-0.39, 0.29) is 11.9 Å². The highest BCUT2D eigenvalue weighted by Gasteiger charge is 2.19. The predicted octanol–water partition coefficient (Wildman–Crippen LogP) is 4.28. The summed E-state index contributed by atoms with van der Waals surface area (Å²) in [6.07, 6.45) is 1.89. The van der Waals surface area contributed by atoms with Gasteiger partial charge in [0.15, 0.2) is 0 Å². The Bertz CT molecular complexity index is 743. The average molecular weight is 298 g/mol. The van der Waals surface area contributed by atoms with E-state index >= 15 is 0 Å². The molecule has 4 heteroatoms. The van der Waals surface area contributed by atoms with Gasteiger partial charge in [0.05, 0.1) is 6.54 Å². The summed E-state index contributed by atoms with van der Waals surface area (Å²) in [5.41, 5.74) is 1.80. The second kappa shape index (κ2) is 5.74. The molecule has 2 aromatic heterocycles. The normalized spacial score (nSPS) is 11.2. The third-order valence-corrected chi connectivity index (χ3v) is 4.45. The molecule has 0 spiro atoms. The molecule has 0 saturated heterocycles. The second-order valence-electron chi connectivity index (χ2n) is 5.39. The summed E-state index contributed by atoms with van der Waals surface area (Å²) in [5, 5.41) is 3.12. The molecule has 3 aromatic rings. The molecule has 0 saturated carbocycles. The van der Waals surface area contributed by atoms with Gasteiger partial charge in [0.2, 0.25) is 0 Å². The number of carbonyl (C=O) groups is 1. The van der Waals surface area contributed by atoms with E-state index < -0.39 is 0 Å². The summed E-state index contributed by atoms with van der Waals surface area (Å²) in [5.74, 6) is 0.0847. The molecule has 108 valence electrons. The van der Waals surface area contributed by atoms with Crippen LogP contribution >= 0.6 is 11.3 Å². The van der Waals surface area contributed by atoms with Crippen molar-refractivity contribution in [3.8, 4) is 0 Å². The number of hydrogen-bond donors (Lipinski definition) is 1. The molecule has 0 aliphatic heterocycles. The molecule has 0 fully saturated rings. The molecule has 1 aromatic carbocycles. The number of benzene rings is 1. The van der Waals surface area contributed by atoms with Gasteiger partial charge in [-0.3, -0.25) is 4.79 Å². The maximum atomic E-state index is 12.8. The number of H-pyrrole nitrogens is 1. The summed E-state index contributed by atoms with van der Waals surface area (Å²) >= 11 is 1.69. The Hall–Kier alpha value is -2.07. The first-order valence-electron chi connectivity index (χ1n) is 7.05. The van der Waals surface area contributed by atoms with Gasteiger partial charge in [-0.15, -0.1) is 11.3 Å². The van der Waals surface area contributed by atoms with Crippen LogP contribution in [-0.4, -0.2) is 21.8 Å². The first kappa shape index (κ1) is 13.9. The van der Waals surface area contributed by atoms with Gasteiger partial charge in [-0.25, -0.2) is 0 Å². The number of nitrogens with zero attached hydrogens (tertiary/aromatic N) is 1. The smallest absolute Gasteiger partial charge is 0.254 e. The highest BCUT2D eigenvalue weighted by molar-refractivity contribution is 7.09. The van der Waals surface area contributed by atoms with E-state index in [1.807, 2.05) is 46.8 Å². The van der Waals surface area contributed by atoms with Gasteiger partial charge in [0.1, 0.15) is 0 Å². The third-order valence-electron chi connectivity index (χ3n) is 3.59. The van der Waals surface area contributed by atoms with Crippen LogP contribution in [0.2, 0.25) is 0 Å². The van der Waals surface area contributed by atoms with Crippen molar-refractivity contribution in [2.75, 3.05) is 0 Å². The van der Waals surface area contributed by atoms with Gasteiger partial charge in [0, 0.05) is 33.6 Å². The van der Waals surface area contributed by atoms with E-state index in [0.717, 1.165) is 16.5 Å². The van der Waals surface area contributed by atoms with Gasteiger partial charge in [-0.1, -0.05) is 6.07 Å². The lowest BCUT2D eigenvalue weighted by molar-refractivity contribution is 0.0692. The minimum absolute atomic E-state index is 0.0847. The van der Waals surface area contributed by atoms with E-state index in [9.17, 15) is 4.79 Å². The summed E-state index contributed by atoms with van der Waals surface area (Å²) < 4.78 is 0. The first-order valence-corrected chi connectivity index (χ1v) is 7.93. The second-order valence-corrected chi connectivity index (χ2v) is 6.42. The van der Waals surface area contributed by atoms with Crippen LogP contribution in [0.25, 0.3) is 10.9 Å². The molecule has 1 amide bonds. The lowest BCUT2D eigenvalue weighted by atomic mass is 10.1. The van der Waals surface area contributed by atoms with Gasteiger partial charge in [-0.05, 0) is 49.6 Å². The van der Waals surface area contributed by atoms with Crippen molar-refractivity contribution in [3.05, 3.63) is 58.4 Å². The van der Waals surface area contributed by atoms with Gasteiger partial charge in [0.25, 0.3) is 5.91 Å². The summed E-state index contributed by atoms with van der Waals surface area (Å²) in [6.45, 7) is 4.78. The van der Waals surface area contributed by atoms with E-state index in [0.29, 0.717) is 6.54 Å². The highest BCUT2D eigenvalue weighted by atomic mass is 32.1. The molecule has 0 unspecified atom stereocenters. The Morgan fingerprint density at radius 1 is 1.29 bits per heavy atom. The van der Waals surface area contributed by atoms with Gasteiger partial charge >= 0.3 is 0 Å². The molecule has 0 bridgehead atoms. The van der Waals surface area contributed by atoms with Crippen LogP contribution in [0.1, 0.15) is 29.1 Å². The zero-order valence-electron chi connectivity index (χ0n) is 12.2. The minimum atomic E-state index is 0.0847. The Labute approximate surface area is 128 Å².